The largest absolute Gasteiger partial charge is 0.474 e. The molecule has 0 radical (unpaired) electrons. The minimum atomic E-state index is -4.19. The molecule has 7 nitrogen and oxygen atoms in total. The first kappa shape index (κ1) is 28.6. The second kappa shape index (κ2) is 11.4. The Balaban J connectivity index is 1.49. The number of aromatic nitrogens is 2. The molecule has 0 saturated heterocycles. The highest BCUT2D eigenvalue weighted by molar-refractivity contribution is 6.34. The smallest absolute Gasteiger partial charge is 0.391 e. The van der Waals surface area contributed by atoms with Gasteiger partial charge in [0, 0.05) is 12.0 Å². The maximum Gasteiger partial charge on any atom is 0.391 e. The number of halogens is 4. The van der Waals surface area contributed by atoms with Crippen LogP contribution in [0.25, 0.3) is 10.9 Å². The van der Waals surface area contributed by atoms with Gasteiger partial charge in [0.1, 0.15) is 17.9 Å². The van der Waals surface area contributed by atoms with E-state index in [0.29, 0.717) is 22.2 Å². The molecule has 4 rings (SSSR count). The van der Waals surface area contributed by atoms with E-state index in [1.54, 1.807) is 36.4 Å². The maximum atomic E-state index is 13.2. The van der Waals surface area contributed by atoms with Crippen molar-refractivity contribution in [1.82, 2.24) is 15.3 Å². The van der Waals surface area contributed by atoms with Crippen molar-refractivity contribution in [3.63, 3.8) is 0 Å². The lowest BCUT2D eigenvalue weighted by atomic mass is 9.87. The summed E-state index contributed by atoms with van der Waals surface area (Å²) < 4.78 is 45.0. The SMILES string of the molecule is CC(C)(C)C(=O)NCc1ccc(Cl)c(C(=O)Nc2cccc3c(O[C@H]4CC[C@H](C(F)(F)F)CC4)ncnc23)c1. The first-order valence-electron chi connectivity index (χ1n) is 12.7. The molecule has 0 unspecified atom stereocenters. The van der Waals surface area contributed by atoms with Gasteiger partial charge < -0.3 is 15.4 Å². The van der Waals surface area contributed by atoms with Gasteiger partial charge in [-0.2, -0.15) is 13.2 Å². The van der Waals surface area contributed by atoms with E-state index in [-0.39, 0.29) is 60.7 Å². The second-order valence-corrected chi connectivity index (χ2v) is 11.1. The van der Waals surface area contributed by atoms with Gasteiger partial charge >= 0.3 is 6.18 Å². The third kappa shape index (κ3) is 6.98. The van der Waals surface area contributed by atoms with E-state index in [1.165, 1.54) is 6.33 Å². The third-order valence-electron chi connectivity index (χ3n) is 6.70. The average molecular weight is 563 g/mol. The van der Waals surface area contributed by atoms with Crippen LogP contribution < -0.4 is 15.4 Å². The molecule has 1 fully saturated rings. The standard InChI is InChI=1S/C28H30ClF3N4O3/c1-27(2,3)26(38)33-14-16-7-12-21(29)20(13-16)24(37)36-22-6-4-5-19-23(22)34-15-35-25(19)39-18-10-8-17(9-11-18)28(30,31)32/h4-7,12-13,15,17-18H,8-11,14H2,1-3H3,(H,33,38)(H,36,37)/t17-,18-. The summed E-state index contributed by atoms with van der Waals surface area (Å²) in [6, 6.07) is 10.1. The third-order valence-corrected chi connectivity index (χ3v) is 7.03. The molecule has 0 atom stereocenters. The molecule has 1 aromatic heterocycles. The van der Waals surface area contributed by atoms with Crippen LogP contribution in [0.4, 0.5) is 18.9 Å². The van der Waals surface area contributed by atoms with Gasteiger partial charge in [-0.3, -0.25) is 9.59 Å². The highest BCUT2D eigenvalue weighted by Crippen LogP contribution is 2.39. The summed E-state index contributed by atoms with van der Waals surface area (Å²) in [6.07, 6.45) is -2.71. The maximum absolute atomic E-state index is 13.2. The van der Waals surface area contributed by atoms with E-state index in [0.717, 1.165) is 0 Å². The van der Waals surface area contributed by atoms with E-state index in [1.807, 2.05) is 20.8 Å². The molecule has 3 aromatic rings. The summed E-state index contributed by atoms with van der Waals surface area (Å²) in [5.41, 5.74) is 1.20. The molecule has 0 spiro atoms. The van der Waals surface area contributed by atoms with Crippen molar-refractivity contribution in [1.29, 1.82) is 0 Å². The van der Waals surface area contributed by atoms with Crippen LogP contribution in [0.3, 0.4) is 0 Å². The fraction of sp³-hybridized carbons (Fsp3) is 0.429. The number of alkyl halides is 3. The summed E-state index contributed by atoms with van der Waals surface area (Å²) in [5, 5.41) is 6.45. The number of rotatable bonds is 6. The van der Waals surface area contributed by atoms with Crippen LogP contribution in [0.2, 0.25) is 5.02 Å². The average Bonchev–Trinajstić information content (AvgIpc) is 2.87. The predicted octanol–water partition coefficient (Wildman–Crippen LogP) is 6.70. The number of carbonyl (C=O) groups excluding carboxylic acids is 2. The minimum absolute atomic E-state index is 0.0121. The van der Waals surface area contributed by atoms with Crippen LogP contribution in [0.15, 0.2) is 42.7 Å². The molecule has 1 aliphatic rings. The van der Waals surface area contributed by atoms with Crippen molar-refractivity contribution in [3.05, 3.63) is 58.9 Å². The Hall–Kier alpha value is -3.40. The highest BCUT2D eigenvalue weighted by atomic mass is 35.5. The zero-order valence-electron chi connectivity index (χ0n) is 21.9. The Labute approximate surface area is 229 Å². The van der Waals surface area contributed by atoms with Gasteiger partial charge in [-0.1, -0.05) is 44.5 Å². The second-order valence-electron chi connectivity index (χ2n) is 10.7. The lowest BCUT2D eigenvalue weighted by Gasteiger charge is -2.30. The van der Waals surface area contributed by atoms with Gasteiger partial charge in [0.25, 0.3) is 5.91 Å². The predicted molar refractivity (Wildman–Crippen MR) is 143 cm³/mol. The van der Waals surface area contributed by atoms with Crippen molar-refractivity contribution >= 4 is 40.0 Å². The molecule has 11 heteroatoms. The Kier molecular flexibility index (Phi) is 8.34. The van der Waals surface area contributed by atoms with Gasteiger partial charge in [0.05, 0.1) is 27.6 Å². The summed E-state index contributed by atoms with van der Waals surface area (Å²) in [6.45, 7) is 5.67. The Morgan fingerprint density at radius 2 is 1.77 bits per heavy atom. The molecule has 1 heterocycles. The van der Waals surface area contributed by atoms with Crippen LogP contribution in [0.5, 0.6) is 5.88 Å². The lowest BCUT2D eigenvalue weighted by Crippen LogP contribution is -2.34. The number of fused-ring (bicyclic) bond motifs is 1. The van der Waals surface area contributed by atoms with E-state index in [4.69, 9.17) is 16.3 Å². The number of anilines is 1. The Morgan fingerprint density at radius 1 is 1.05 bits per heavy atom. The number of ether oxygens (including phenoxy) is 1. The molecular formula is C28H30ClF3N4O3. The van der Waals surface area contributed by atoms with Crippen LogP contribution in [0, 0.1) is 11.3 Å². The summed E-state index contributed by atoms with van der Waals surface area (Å²) in [4.78, 5) is 33.9. The van der Waals surface area contributed by atoms with Gasteiger partial charge in [-0.05, 0) is 55.5 Å². The zero-order valence-corrected chi connectivity index (χ0v) is 22.6. The number of para-hydroxylation sites is 1. The van der Waals surface area contributed by atoms with Crippen LogP contribution in [-0.4, -0.2) is 34.1 Å². The van der Waals surface area contributed by atoms with Gasteiger partial charge in [0.15, 0.2) is 0 Å². The fourth-order valence-corrected chi connectivity index (χ4v) is 4.62. The van der Waals surface area contributed by atoms with Gasteiger partial charge in [-0.15, -0.1) is 0 Å². The van der Waals surface area contributed by atoms with Crippen LogP contribution in [-0.2, 0) is 11.3 Å². The van der Waals surface area contributed by atoms with E-state index < -0.39 is 23.4 Å². The molecule has 0 bridgehead atoms. The fourth-order valence-electron chi connectivity index (χ4n) is 4.42. The molecule has 0 aliphatic heterocycles. The Morgan fingerprint density at radius 3 is 2.44 bits per heavy atom. The van der Waals surface area contributed by atoms with Crippen molar-refractivity contribution in [2.24, 2.45) is 11.3 Å². The normalized spacial score (nSPS) is 18.0. The van der Waals surface area contributed by atoms with E-state index in [2.05, 4.69) is 20.6 Å². The number of benzene rings is 2. The quantitative estimate of drug-likeness (QED) is 0.349. The highest BCUT2D eigenvalue weighted by Gasteiger charge is 2.42. The molecule has 1 aliphatic carbocycles. The summed E-state index contributed by atoms with van der Waals surface area (Å²) >= 11 is 6.32. The number of hydrogen-bond acceptors (Lipinski definition) is 5. The van der Waals surface area contributed by atoms with Gasteiger partial charge in [-0.25, -0.2) is 9.97 Å². The number of carbonyl (C=O) groups is 2. The molecule has 2 N–H and O–H groups in total. The minimum Gasteiger partial charge on any atom is -0.474 e. The summed E-state index contributed by atoms with van der Waals surface area (Å²) in [5.74, 6) is -1.64. The topological polar surface area (TPSA) is 93.2 Å². The van der Waals surface area contributed by atoms with E-state index >= 15 is 0 Å². The number of hydrogen-bond donors (Lipinski definition) is 2. The Bertz CT molecular complexity index is 1370. The molecule has 208 valence electrons. The van der Waals surface area contributed by atoms with Crippen molar-refractivity contribution in [3.8, 4) is 5.88 Å². The molecular weight excluding hydrogens is 533 g/mol. The van der Waals surface area contributed by atoms with Gasteiger partial charge in [0.2, 0.25) is 11.8 Å². The lowest BCUT2D eigenvalue weighted by molar-refractivity contribution is -0.185. The monoisotopic (exact) mass is 562 g/mol. The van der Waals surface area contributed by atoms with Crippen molar-refractivity contribution in [2.75, 3.05) is 5.32 Å². The summed E-state index contributed by atoms with van der Waals surface area (Å²) in [7, 11) is 0. The van der Waals surface area contributed by atoms with E-state index in [9.17, 15) is 22.8 Å². The van der Waals surface area contributed by atoms with Crippen LogP contribution >= 0.6 is 11.6 Å². The molecule has 39 heavy (non-hydrogen) atoms. The first-order valence-corrected chi connectivity index (χ1v) is 13.1. The van der Waals surface area contributed by atoms with Crippen molar-refractivity contribution in [2.45, 2.75) is 65.3 Å². The van der Waals surface area contributed by atoms with Crippen molar-refractivity contribution < 1.29 is 27.5 Å². The molecule has 1 saturated carbocycles. The molecule has 2 amide bonds. The number of amides is 2. The van der Waals surface area contributed by atoms with Crippen LogP contribution in [0.1, 0.15) is 62.4 Å². The zero-order chi connectivity index (χ0) is 28.4. The molecule has 2 aromatic carbocycles. The number of nitrogens with zero attached hydrogens (tertiary/aromatic N) is 2. The number of nitrogens with one attached hydrogen (secondary N) is 2. The first-order chi connectivity index (χ1) is 18.3.